The van der Waals surface area contributed by atoms with E-state index in [0.717, 1.165) is 39.3 Å². The van der Waals surface area contributed by atoms with E-state index in [1.807, 2.05) is 28.8 Å². The van der Waals surface area contributed by atoms with E-state index in [-0.39, 0.29) is 12.1 Å². The molecule has 3 heterocycles. The molecule has 0 aromatic carbocycles. The minimum Gasteiger partial charge on any atom is -0.374 e. The molecule has 7 heteroatoms. The molecule has 132 valence electrons. The van der Waals surface area contributed by atoms with Gasteiger partial charge in [-0.2, -0.15) is 10.2 Å². The van der Waals surface area contributed by atoms with Crippen LogP contribution in [0.5, 0.6) is 0 Å². The highest BCUT2D eigenvalue weighted by atomic mass is 16.5. The maximum Gasteiger partial charge on any atom is 0.0897 e. The lowest BCUT2D eigenvalue weighted by atomic mass is 10.0. The number of aryl methyl sites for hydroxylation is 2. The van der Waals surface area contributed by atoms with Crippen LogP contribution < -0.4 is 5.32 Å². The van der Waals surface area contributed by atoms with Gasteiger partial charge in [-0.1, -0.05) is 6.92 Å². The Kier molecular flexibility index (Phi) is 5.65. The predicted molar refractivity (Wildman–Crippen MR) is 92.5 cm³/mol. The highest BCUT2D eigenvalue weighted by Gasteiger charge is 2.33. The summed E-state index contributed by atoms with van der Waals surface area (Å²) in [5, 5.41) is 12.2. The summed E-state index contributed by atoms with van der Waals surface area (Å²) < 4.78 is 9.90. The summed E-state index contributed by atoms with van der Waals surface area (Å²) in [7, 11) is 1.96. The van der Waals surface area contributed by atoms with Crippen LogP contribution in [0.1, 0.15) is 31.0 Å². The molecule has 1 aliphatic rings. The van der Waals surface area contributed by atoms with E-state index < -0.39 is 0 Å². The van der Waals surface area contributed by atoms with E-state index in [9.17, 15) is 0 Å². The Hall–Kier alpha value is -1.70. The molecule has 1 saturated heterocycles. The van der Waals surface area contributed by atoms with Crippen molar-refractivity contribution in [2.75, 3.05) is 26.2 Å². The maximum atomic E-state index is 6.09. The molecule has 24 heavy (non-hydrogen) atoms. The van der Waals surface area contributed by atoms with Gasteiger partial charge in [-0.05, 0) is 13.5 Å². The summed E-state index contributed by atoms with van der Waals surface area (Å²) in [5.41, 5.74) is 2.43. The molecule has 7 nitrogen and oxygen atoms in total. The van der Waals surface area contributed by atoms with Gasteiger partial charge in [0, 0.05) is 56.7 Å². The topological polar surface area (TPSA) is 60.1 Å². The molecular weight excluding hydrogens is 304 g/mol. The third-order valence-corrected chi connectivity index (χ3v) is 4.61. The fraction of sp³-hybridized carbons (Fsp3) is 0.647. The fourth-order valence-electron chi connectivity index (χ4n) is 3.36. The van der Waals surface area contributed by atoms with Crippen molar-refractivity contribution in [2.24, 2.45) is 7.05 Å². The summed E-state index contributed by atoms with van der Waals surface area (Å²) in [6.45, 7) is 9.60. The normalized spacial score (nSPS) is 22.1. The van der Waals surface area contributed by atoms with Crippen molar-refractivity contribution in [3.05, 3.63) is 35.9 Å². The zero-order chi connectivity index (χ0) is 16.9. The van der Waals surface area contributed by atoms with Crippen LogP contribution >= 0.6 is 0 Å². The van der Waals surface area contributed by atoms with Crippen molar-refractivity contribution < 1.29 is 4.74 Å². The molecule has 1 fully saturated rings. The zero-order valence-corrected chi connectivity index (χ0v) is 14.9. The molecule has 1 aliphatic heterocycles. The van der Waals surface area contributed by atoms with E-state index in [2.05, 4.69) is 46.7 Å². The first-order valence-electron chi connectivity index (χ1n) is 8.77. The minimum absolute atomic E-state index is 0.129. The third-order valence-electron chi connectivity index (χ3n) is 4.61. The Balaban J connectivity index is 1.63. The van der Waals surface area contributed by atoms with Gasteiger partial charge < -0.3 is 10.1 Å². The Morgan fingerprint density at radius 3 is 2.75 bits per heavy atom. The molecule has 2 aromatic heterocycles. The van der Waals surface area contributed by atoms with Crippen LogP contribution in [0, 0.1) is 0 Å². The largest absolute Gasteiger partial charge is 0.374 e. The lowest BCUT2D eigenvalue weighted by Crippen LogP contribution is -2.48. The van der Waals surface area contributed by atoms with E-state index in [0.29, 0.717) is 0 Å². The summed E-state index contributed by atoms with van der Waals surface area (Å²) in [6, 6.07) is 0.253. The highest BCUT2D eigenvalue weighted by Crippen LogP contribution is 2.28. The molecule has 0 unspecified atom stereocenters. The summed E-state index contributed by atoms with van der Waals surface area (Å²) in [6.07, 6.45) is 8.20. The predicted octanol–water partition coefficient (Wildman–Crippen LogP) is 1.19. The summed E-state index contributed by atoms with van der Waals surface area (Å²) in [4.78, 5) is 2.47. The number of hydrogen-bond donors (Lipinski definition) is 1. The smallest absolute Gasteiger partial charge is 0.0897 e. The molecule has 0 radical (unpaired) electrons. The van der Waals surface area contributed by atoms with Gasteiger partial charge in [-0.15, -0.1) is 0 Å². The van der Waals surface area contributed by atoms with Crippen molar-refractivity contribution in [1.29, 1.82) is 0 Å². The summed E-state index contributed by atoms with van der Waals surface area (Å²) in [5.74, 6) is 0. The first kappa shape index (κ1) is 17.1. The van der Waals surface area contributed by atoms with Crippen LogP contribution in [0.25, 0.3) is 0 Å². The Morgan fingerprint density at radius 1 is 1.21 bits per heavy atom. The van der Waals surface area contributed by atoms with Gasteiger partial charge in [-0.25, -0.2) is 0 Å². The number of hydrogen-bond acceptors (Lipinski definition) is 5. The van der Waals surface area contributed by atoms with Crippen molar-refractivity contribution >= 4 is 0 Å². The average molecular weight is 332 g/mol. The van der Waals surface area contributed by atoms with Crippen LogP contribution in [0.3, 0.4) is 0 Å². The zero-order valence-electron chi connectivity index (χ0n) is 14.9. The van der Waals surface area contributed by atoms with Gasteiger partial charge in [0.15, 0.2) is 0 Å². The quantitative estimate of drug-likeness (QED) is 0.825. The van der Waals surface area contributed by atoms with E-state index >= 15 is 0 Å². The SMILES string of the molecule is CCN1CCO[C@@H](CNCc2cnn(CC)c2)[C@@H]1c1cnn(C)c1. The summed E-state index contributed by atoms with van der Waals surface area (Å²) >= 11 is 0. The van der Waals surface area contributed by atoms with E-state index in [1.165, 1.54) is 11.1 Å². The lowest BCUT2D eigenvalue weighted by Gasteiger charge is -2.40. The molecule has 0 spiro atoms. The first-order chi connectivity index (χ1) is 11.7. The molecule has 0 amide bonds. The molecule has 2 atom stereocenters. The van der Waals surface area contributed by atoms with Crippen LogP contribution in [-0.2, 0) is 24.9 Å². The molecule has 3 rings (SSSR count). The molecule has 1 N–H and O–H groups in total. The number of nitrogens with zero attached hydrogens (tertiary/aromatic N) is 5. The minimum atomic E-state index is 0.129. The van der Waals surface area contributed by atoms with Crippen molar-refractivity contribution in [3.63, 3.8) is 0 Å². The number of nitrogens with one attached hydrogen (secondary N) is 1. The van der Waals surface area contributed by atoms with Gasteiger partial charge in [0.2, 0.25) is 0 Å². The van der Waals surface area contributed by atoms with Crippen LogP contribution in [-0.4, -0.2) is 56.8 Å². The second-order valence-electron chi connectivity index (χ2n) is 6.27. The van der Waals surface area contributed by atoms with Crippen molar-refractivity contribution in [3.8, 4) is 0 Å². The van der Waals surface area contributed by atoms with Crippen LogP contribution in [0.4, 0.5) is 0 Å². The highest BCUT2D eigenvalue weighted by molar-refractivity contribution is 5.14. The number of likely N-dealkylation sites (N-methyl/N-ethyl adjacent to an activating group) is 1. The maximum absolute atomic E-state index is 6.09. The van der Waals surface area contributed by atoms with Crippen molar-refractivity contribution in [2.45, 2.75) is 39.1 Å². The van der Waals surface area contributed by atoms with E-state index in [4.69, 9.17) is 4.74 Å². The van der Waals surface area contributed by atoms with Crippen molar-refractivity contribution in [1.82, 2.24) is 29.8 Å². The Morgan fingerprint density at radius 2 is 2.08 bits per heavy atom. The molecule has 0 bridgehead atoms. The van der Waals surface area contributed by atoms with Gasteiger partial charge in [0.1, 0.15) is 0 Å². The lowest BCUT2D eigenvalue weighted by molar-refractivity contribution is -0.0695. The van der Waals surface area contributed by atoms with Gasteiger partial charge in [-0.3, -0.25) is 14.3 Å². The Labute approximate surface area is 143 Å². The molecule has 2 aromatic rings. The number of ether oxygens (including phenoxy) is 1. The third kappa shape index (κ3) is 3.85. The second kappa shape index (κ2) is 7.92. The molecule has 0 aliphatic carbocycles. The van der Waals surface area contributed by atoms with Gasteiger partial charge >= 0.3 is 0 Å². The van der Waals surface area contributed by atoms with Crippen LogP contribution in [0.2, 0.25) is 0 Å². The molecule has 0 saturated carbocycles. The number of rotatable bonds is 7. The Bertz CT molecular complexity index is 637. The first-order valence-corrected chi connectivity index (χ1v) is 8.77. The fourth-order valence-corrected chi connectivity index (χ4v) is 3.36. The number of aromatic nitrogens is 4. The average Bonchev–Trinajstić information content (AvgIpc) is 3.23. The second-order valence-corrected chi connectivity index (χ2v) is 6.27. The van der Waals surface area contributed by atoms with Crippen LogP contribution in [0.15, 0.2) is 24.8 Å². The van der Waals surface area contributed by atoms with Gasteiger partial charge in [0.25, 0.3) is 0 Å². The monoisotopic (exact) mass is 332 g/mol. The molecular formula is C17H28N6O. The van der Waals surface area contributed by atoms with E-state index in [1.54, 1.807) is 0 Å². The number of morpholine rings is 1. The standard InChI is InChI=1S/C17H28N6O/c1-4-22-6-7-24-16(17(22)15-10-19-21(3)13-15)11-18-8-14-9-20-23(5-2)12-14/h9-10,12-13,16-18H,4-8,11H2,1-3H3/t16-,17-/m0/s1. The van der Waals surface area contributed by atoms with Gasteiger partial charge in [0.05, 0.1) is 31.1 Å².